The Balaban J connectivity index is -0.0000000533. The maximum atomic E-state index is 9.28. The molecular weight excluding hydrogens is 435 g/mol. The summed E-state index contributed by atoms with van der Waals surface area (Å²) in [4.78, 5) is 37.1. The number of unbranched alkanes of at least 4 members (excludes halogenated alkanes) is 4. The molecule has 0 aromatic carbocycles. The summed E-state index contributed by atoms with van der Waals surface area (Å²) in [5.41, 5.74) is 0. The Hall–Kier alpha value is -0.450. The van der Waals surface area contributed by atoms with E-state index in [1.165, 1.54) is 0 Å². The molecule has 0 unspecified atom stereocenters. The van der Waals surface area contributed by atoms with Crippen LogP contribution in [-0.4, -0.2) is 25.1 Å². The normalized spacial score (nSPS) is 7.05. The van der Waals surface area contributed by atoms with E-state index in [2.05, 4.69) is 0 Å². The van der Waals surface area contributed by atoms with E-state index in [0.717, 1.165) is 25.7 Å². The Bertz CT molecular complexity index is 145. The predicted octanol–water partition coefficient (Wildman–Crippen LogP) is 3.58. The van der Waals surface area contributed by atoms with Crippen molar-refractivity contribution < 1.29 is 45.0 Å². The first-order chi connectivity index (χ1) is 9.66. The molecule has 0 atom stereocenters. The van der Waals surface area contributed by atoms with Crippen LogP contribution >= 0.6 is 0 Å². The molecule has 0 amide bonds. The zero-order valence-corrected chi connectivity index (χ0v) is 17.4. The molecule has 0 aliphatic heterocycles. The largest absolute Gasteiger partial charge is 4.00 e. The van der Waals surface area contributed by atoms with E-state index in [-0.39, 0.29) is 25.8 Å². The van der Waals surface area contributed by atoms with Gasteiger partial charge in [0.1, 0.15) is 0 Å². The Kier molecular flexibility index (Phi) is 78.0. The van der Waals surface area contributed by atoms with Crippen LogP contribution in [0.1, 0.15) is 79.1 Å². The van der Waals surface area contributed by atoms with Crippen molar-refractivity contribution in [3.63, 3.8) is 0 Å². The van der Waals surface area contributed by atoms with Gasteiger partial charge in [0.15, 0.2) is 0 Å². The van der Waals surface area contributed by atoms with Gasteiger partial charge >= 0.3 is 25.8 Å². The van der Waals surface area contributed by atoms with E-state index in [9.17, 15) is 19.2 Å². The molecule has 0 aliphatic rings. The second kappa shape index (κ2) is 50.4. The smallest absolute Gasteiger partial charge is 0.542 e. The van der Waals surface area contributed by atoms with Crippen LogP contribution in [0.5, 0.6) is 0 Å². The van der Waals surface area contributed by atoms with Gasteiger partial charge in [-0.15, -0.1) is 0 Å². The molecule has 0 heterocycles. The van der Waals surface area contributed by atoms with Gasteiger partial charge in [-0.3, -0.25) is 25.1 Å². The van der Waals surface area contributed by atoms with Crippen LogP contribution in [0.4, 0.5) is 0 Å². The van der Waals surface area contributed by atoms with Crippen molar-refractivity contribution in [2.75, 3.05) is 0 Å². The molecule has 0 aromatic rings. The SMILES string of the molecule is CCC[C-]=O.CCC[C-]=O.CCC[C-]=O.CCC[C-]=O.[Hf+4]. The standard InChI is InChI=1S/4C4H7O.Hf/c4*1-2-3-4-5;/h4*2-3H2,1H3;/q4*-1;+4. The monoisotopic (exact) mass is 464 g/mol. The second-order valence-electron chi connectivity index (χ2n) is 3.58. The first-order valence-electron chi connectivity index (χ1n) is 7.06. The molecule has 0 spiro atoms. The summed E-state index contributed by atoms with van der Waals surface area (Å²) in [6.07, 6.45) is 13.1. The summed E-state index contributed by atoms with van der Waals surface area (Å²) in [6, 6.07) is 0. The molecule has 21 heavy (non-hydrogen) atoms. The zero-order valence-electron chi connectivity index (χ0n) is 13.8. The molecule has 4 nitrogen and oxygen atoms in total. The van der Waals surface area contributed by atoms with E-state index in [1.807, 2.05) is 27.7 Å². The topological polar surface area (TPSA) is 68.3 Å². The van der Waals surface area contributed by atoms with E-state index in [1.54, 1.807) is 25.1 Å². The third-order valence-electron chi connectivity index (χ3n) is 1.41. The second-order valence-corrected chi connectivity index (χ2v) is 3.58. The summed E-state index contributed by atoms with van der Waals surface area (Å²) < 4.78 is 0. The van der Waals surface area contributed by atoms with Crippen LogP contribution in [0.3, 0.4) is 0 Å². The fraction of sp³-hybridized carbons (Fsp3) is 0.750. The van der Waals surface area contributed by atoms with E-state index in [4.69, 9.17) is 0 Å². The summed E-state index contributed by atoms with van der Waals surface area (Å²) in [5.74, 6) is 0. The van der Waals surface area contributed by atoms with Gasteiger partial charge in [0.25, 0.3) is 0 Å². The van der Waals surface area contributed by atoms with Crippen LogP contribution in [-0.2, 0) is 45.0 Å². The van der Waals surface area contributed by atoms with Crippen molar-refractivity contribution in [3.05, 3.63) is 0 Å². The fourth-order valence-electron chi connectivity index (χ4n) is 0.408. The average Bonchev–Trinajstić information content (AvgIpc) is 2.44. The Morgan fingerprint density at radius 3 is 0.619 bits per heavy atom. The van der Waals surface area contributed by atoms with E-state index >= 15 is 0 Å². The van der Waals surface area contributed by atoms with Crippen LogP contribution < -0.4 is 0 Å². The van der Waals surface area contributed by atoms with E-state index < -0.39 is 0 Å². The van der Waals surface area contributed by atoms with Crippen LogP contribution in [0.25, 0.3) is 0 Å². The Morgan fingerprint density at radius 1 is 0.476 bits per heavy atom. The van der Waals surface area contributed by atoms with Crippen molar-refractivity contribution in [2.24, 2.45) is 0 Å². The molecule has 0 bridgehead atoms. The van der Waals surface area contributed by atoms with Gasteiger partial charge in [-0.2, -0.15) is 25.7 Å². The Morgan fingerprint density at radius 2 is 0.619 bits per heavy atom. The van der Waals surface area contributed by atoms with Crippen LogP contribution in [0, 0.1) is 0 Å². The van der Waals surface area contributed by atoms with Crippen molar-refractivity contribution in [3.8, 4) is 0 Å². The van der Waals surface area contributed by atoms with E-state index in [0.29, 0.717) is 25.7 Å². The first kappa shape index (κ1) is 32.5. The van der Waals surface area contributed by atoms with Gasteiger partial charge in [-0.25, -0.2) is 0 Å². The fourth-order valence-corrected chi connectivity index (χ4v) is 0.408. The summed E-state index contributed by atoms with van der Waals surface area (Å²) in [6.45, 7) is 7.80. The van der Waals surface area contributed by atoms with Gasteiger partial charge < -0.3 is 19.2 Å². The summed E-state index contributed by atoms with van der Waals surface area (Å²) in [5, 5.41) is 0. The molecule has 5 heteroatoms. The average molecular weight is 463 g/mol. The molecule has 0 N–H and O–H groups in total. The quantitative estimate of drug-likeness (QED) is 0.408. The number of hydrogen-bond acceptors (Lipinski definition) is 4. The van der Waals surface area contributed by atoms with Crippen molar-refractivity contribution in [1.29, 1.82) is 0 Å². The van der Waals surface area contributed by atoms with Gasteiger partial charge in [-0.05, 0) is 0 Å². The maximum Gasteiger partial charge on any atom is 4.00 e. The Labute approximate surface area is 149 Å². The third-order valence-corrected chi connectivity index (χ3v) is 1.41. The molecule has 0 saturated carbocycles. The van der Waals surface area contributed by atoms with Crippen LogP contribution in [0.2, 0.25) is 0 Å². The maximum absolute atomic E-state index is 9.28. The molecule has 0 fully saturated rings. The van der Waals surface area contributed by atoms with Crippen molar-refractivity contribution >= 4 is 25.1 Å². The molecule has 0 aliphatic carbocycles. The predicted molar refractivity (Wildman–Crippen MR) is 82.4 cm³/mol. The molecule has 0 radical (unpaired) electrons. The molecule has 0 aromatic heterocycles. The first-order valence-corrected chi connectivity index (χ1v) is 7.06. The van der Waals surface area contributed by atoms with Crippen molar-refractivity contribution in [1.82, 2.24) is 0 Å². The minimum absolute atomic E-state index is 0. The van der Waals surface area contributed by atoms with Gasteiger partial charge in [0.2, 0.25) is 0 Å². The van der Waals surface area contributed by atoms with Gasteiger partial charge in [0.05, 0.1) is 0 Å². The summed E-state index contributed by atoms with van der Waals surface area (Å²) >= 11 is 0. The molecular formula is C16H28HfO4. The van der Waals surface area contributed by atoms with Crippen LogP contribution in [0.15, 0.2) is 0 Å². The third kappa shape index (κ3) is 106. The number of carbonyl (C=O) groups excluding carboxylic acids is 4. The van der Waals surface area contributed by atoms with Gasteiger partial charge in [0, 0.05) is 0 Å². The zero-order chi connectivity index (χ0) is 16.5. The number of rotatable bonds is 8. The minimum Gasteiger partial charge on any atom is -0.542 e. The molecule has 0 saturated heterocycles. The number of hydrogen-bond donors (Lipinski definition) is 0. The summed E-state index contributed by atoms with van der Waals surface area (Å²) in [7, 11) is 0. The van der Waals surface area contributed by atoms with Crippen molar-refractivity contribution in [2.45, 2.75) is 79.1 Å². The molecule has 0 rings (SSSR count). The minimum atomic E-state index is 0. The van der Waals surface area contributed by atoms with Gasteiger partial charge in [-0.1, -0.05) is 53.4 Å². The molecule has 120 valence electrons.